The van der Waals surface area contributed by atoms with Crippen LogP contribution in [0.25, 0.3) is 0 Å². The highest BCUT2D eigenvalue weighted by atomic mass is 32.2. The minimum absolute atomic E-state index is 0.0202. The van der Waals surface area contributed by atoms with E-state index in [9.17, 15) is 4.79 Å². The van der Waals surface area contributed by atoms with Gasteiger partial charge in [-0.05, 0) is 40.7 Å². The number of nitrogens with one attached hydrogen (secondary N) is 1. The molecule has 1 saturated heterocycles. The van der Waals surface area contributed by atoms with E-state index < -0.39 is 0 Å². The summed E-state index contributed by atoms with van der Waals surface area (Å²) in [5.41, 5.74) is 4.75. The number of rotatable bonds is 3. The average Bonchev–Trinajstić information content (AvgIpc) is 3.11. The molecule has 1 aliphatic rings. The molecule has 3 rings (SSSR count). The normalized spacial score (nSPS) is 17.4. The molecule has 1 fully saturated rings. The molecule has 1 unspecified atom stereocenters. The highest BCUT2D eigenvalue weighted by Gasteiger charge is 2.31. The third-order valence-electron chi connectivity index (χ3n) is 4.80. The van der Waals surface area contributed by atoms with Crippen molar-refractivity contribution in [2.45, 2.75) is 44.9 Å². The molecule has 138 valence electrons. The molecule has 1 atom stereocenters. The van der Waals surface area contributed by atoms with Gasteiger partial charge >= 0.3 is 6.03 Å². The van der Waals surface area contributed by atoms with Crippen LogP contribution in [0.5, 0.6) is 0 Å². The Bertz CT molecular complexity index is 764. The van der Waals surface area contributed by atoms with Crippen molar-refractivity contribution in [3.8, 4) is 0 Å². The summed E-state index contributed by atoms with van der Waals surface area (Å²) in [7, 11) is 0. The molecule has 1 heterocycles. The minimum Gasteiger partial charge on any atom is -0.308 e. The van der Waals surface area contributed by atoms with Crippen molar-refractivity contribution in [2.24, 2.45) is 0 Å². The van der Waals surface area contributed by atoms with Crippen molar-refractivity contribution in [3.63, 3.8) is 0 Å². The van der Waals surface area contributed by atoms with Gasteiger partial charge in [-0.3, -0.25) is 0 Å². The largest absolute Gasteiger partial charge is 0.323 e. The van der Waals surface area contributed by atoms with Gasteiger partial charge in [-0.15, -0.1) is 11.8 Å². The number of urea groups is 1. The Labute approximate surface area is 161 Å². The molecule has 1 N–H and O–H groups in total. The van der Waals surface area contributed by atoms with E-state index >= 15 is 0 Å². The molecule has 0 spiro atoms. The molecule has 1 aliphatic heterocycles. The number of nitrogens with zero attached hydrogens (tertiary/aromatic N) is 1. The second kappa shape index (κ2) is 7.75. The Kier molecular flexibility index (Phi) is 5.61. The minimum atomic E-state index is -0.0202. The Hall–Kier alpha value is -1.94. The Morgan fingerprint density at radius 1 is 1.19 bits per heavy atom. The van der Waals surface area contributed by atoms with Gasteiger partial charge in [0, 0.05) is 18.0 Å². The van der Waals surface area contributed by atoms with Crippen LogP contribution in [0.15, 0.2) is 48.5 Å². The molecule has 0 aliphatic carbocycles. The predicted molar refractivity (Wildman–Crippen MR) is 112 cm³/mol. The first-order valence-corrected chi connectivity index (χ1v) is 10.3. The molecule has 0 aromatic heterocycles. The van der Waals surface area contributed by atoms with E-state index in [0.29, 0.717) is 0 Å². The molecule has 4 heteroatoms. The summed E-state index contributed by atoms with van der Waals surface area (Å²) >= 11 is 1.83. The first-order chi connectivity index (χ1) is 12.4. The summed E-state index contributed by atoms with van der Waals surface area (Å²) in [6.07, 6.45) is 0.964. The van der Waals surface area contributed by atoms with Crippen molar-refractivity contribution in [3.05, 3.63) is 65.2 Å². The molecule has 26 heavy (non-hydrogen) atoms. The number of thioether (sulfide) groups is 1. The number of hydrogen-bond donors (Lipinski definition) is 1. The van der Waals surface area contributed by atoms with E-state index in [0.717, 1.165) is 24.4 Å². The van der Waals surface area contributed by atoms with Gasteiger partial charge in [0.1, 0.15) is 5.37 Å². The molecule has 2 aromatic rings. The average molecular weight is 369 g/mol. The SMILES string of the molecule is CCc1cccc(NC(=O)N2CCSC2c2ccc(C(C)(C)C)cc2)c1. The van der Waals surface area contributed by atoms with E-state index in [1.54, 1.807) is 0 Å². The van der Waals surface area contributed by atoms with Gasteiger partial charge in [0.15, 0.2) is 0 Å². The van der Waals surface area contributed by atoms with Gasteiger partial charge in [-0.25, -0.2) is 4.79 Å². The van der Waals surface area contributed by atoms with Crippen LogP contribution in [0, 0.1) is 0 Å². The first-order valence-electron chi connectivity index (χ1n) is 9.27. The second-order valence-electron chi connectivity index (χ2n) is 7.77. The van der Waals surface area contributed by atoms with Crippen LogP contribution < -0.4 is 5.32 Å². The fraction of sp³-hybridized carbons (Fsp3) is 0.409. The van der Waals surface area contributed by atoms with E-state index in [2.05, 4.69) is 63.3 Å². The van der Waals surface area contributed by atoms with Gasteiger partial charge in [0.25, 0.3) is 0 Å². The van der Waals surface area contributed by atoms with E-state index in [4.69, 9.17) is 0 Å². The molecule has 2 amide bonds. The van der Waals surface area contributed by atoms with Crippen LogP contribution in [0.4, 0.5) is 10.5 Å². The van der Waals surface area contributed by atoms with Crippen molar-refractivity contribution in [1.82, 2.24) is 4.90 Å². The topological polar surface area (TPSA) is 32.3 Å². The summed E-state index contributed by atoms with van der Waals surface area (Å²) in [4.78, 5) is 14.8. The van der Waals surface area contributed by atoms with Gasteiger partial charge in [-0.1, -0.05) is 64.1 Å². The number of aryl methyl sites for hydroxylation is 1. The monoisotopic (exact) mass is 368 g/mol. The molecular formula is C22H28N2OS. The lowest BCUT2D eigenvalue weighted by atomic mass is 9.87. The summed E-state index contributed by atoms with van der Waals surface area (Å²) in [5.74, 6) is 0.966. The highest BCUT2D eigenvalue weighted by molar-refractivity contribution is 7.99. The summed E-state index contributed by atoms with van der Waals surface area (Å²) in [6.45, 7) is 9.55. The molecule has 0 saturated carbocycles. The van der Waals surface area contributed by atoms with E-state index in [1.165, 1.54) is 16.7 Å². The molecular weight excluding hydrogens is 340 g/mol. The van der Waals surface area contributed by atoms with Crippen LogP contribution >= 0.6 is 11.8 Å². The number of hydrogen-bond acceptors (Lipinski definition) is 2. The Morgan fingerprint density at radius 2 is 1.92 bits per heavy atom. The smallest absolute Gasteiger partial charge is 0.308 e. The first kappa shape index (κ1) is 18.8. The standard InChI is InChI=1S/C22H28N2OS/c1-5-16-7-6-8-19(15-16)23-21(25)24-13-14-26-20(24)17-9-11-18(12-10-17)22(2,3)4/h6-12,15,20H,5,13-14H2,1-4H3,(H,23,25). The lowest BCUT2D eigenvalue weighted by Crippen LogP contribution is -2.34. The van der Waals surface area contributed by atoms with Crippen molar-refractivity contribution in [2.75, 3.05) is 17.6 Å². The van der Waals surface area contributed by atoms with E-state index in [1.807, 2.05) is 34.9 Å². The van der Waals surface area contributed by atoms with Crippen LogP contribution in [0.1, 0.15) is 49.8 Å². The lowest BCUT2D eigenvalue weighted by molar-refractivity contribution is 0.214. The van der Waals surface area contributed by atoms with Gasteiger partial charge in [0.05, 0.1) is 0 Å². The number of carbonyl (C=O) groups is 1. The zero-order valence-corrected chi connectivity index (χ0v) is 16.9. The van der Waals surface area contributed by atoms with Gasteiger partial charge in [-0.2, -0.15) is 0 Å². The number of amides is 2. The van der Waals surface area contributed by atoms with Gasteiger partial charge < -0.3 is 10.2 Å². The molecule has 0 bridgehead atoms. The summed E-state index contributed by atoms with van der Waals surface area (Å²) in [6, 6.07) is 16.8. The van der Waals surface area contributed by atoms with Crippen LogP contribution in [-0.4, -0.2) is 23.2 Å². The van der Waals surface area contributed by atoms with Gasteiger partial charge in [0.2, 0.25) is 0 Å². The zero-order chi connectivity index (χ0) is 18.7. The fourth-order valence-electron chi connectivity index (χ4n) is 3.17. The Morgan fingerprint density at radius 3 is 2.58 bits per heavy atom. The summed E-state index contributed by atoms with van der Waals surface area (Å²) in [5, 5.41) is 3.15. The quantitative estimate of drug-likeness (QED) is 0.739. The maximum Gasteiger partial charge on any atom is 0.323 e. The van der Waals surface area contributed by atoms with Crippen LogP contribution in [0.3, 0.4) is 0 Å². The van der Waals surface area contributed by atoms with Crippen LogP contribution in [0.2, 0.25) is 0 Å². The Balaban J connectivity index is 1.74. The number of carbonyl (C=O) groups excluding carboxylic acids is 1. The third-order valence-corrected chi connectivity index (χ3v) is 6.06. The van der Waals surface area contributed by atoms with Crippen molar-refractivity contribution < 1.29 is 4.79 Å². The third kappa shape index (κ3) is 4.24. The number of anilines is 1. The molecule has 2 aromatic carbocycles. The predicted octanol–water partition coefficient (Wildman–Crippen LogP) is 5.83. The van der Waals surface area contributed by atoms with Crippen molar-refractivity contribution >= 4 is 23.5 Å². The molecule has 0 radical (unpaired) electrons. The molecule has 3 nitrogen and oxygen atoms in total. The summed E-state index contributed by atoms with van der Waals surface area (Å²) < 4.78 is 0. The maximum absolute atomic E-state index is 12.8. The fourth-order valence-corrected chi connectivity index (χ4v) is 4.42. The highest BCUT2D eigenvalue weighted by Crippen LogP contribution is 2.38. The second-order valence-corrected chi connectivity index (χ2v) is 8.96. The number of benzene rings is 2. The zero-order valence-electron chi connectivity index (χ0n) is 16.1. The van der Waals surface area contributed by atoms with Crippen molar-refractivity contribution in [1.29, 1.82) is 0 Å². The van der Waals surface area contributed by atoms with Crippen LogP contribution in [-0.2, 0) is 11.8 Å². The lowest BCUT2D eigenvalue weighted by Gasteiger charge is -2.25. The maximum atomic E-state index is 12.8. The van der Waals surface area contributed by atoms with E-state index in [-0.39, 0.29) is 16.8 Å².